The van der Waals surface area contributed by atoms with Crippen LogP contribution in [0.15, 0.2) is 54.6 Å². The molecule has 1 aliphatic rings. The highest BCUT2D eigenvalue weighted by Gasteiger charge is 2.22. The van der Waals surface area contributed by atoms with Gasteiger partial charge in [-0.3, -0.25) is 0 Å². The van der Waals surface area contributed by atoms with E-state index in [1.165, 1.54) is 42.9 Å². The fraction of sp³-hybridized carbons (Fsp3) is 0.357. The minimum absolute atomic E-state index is 0.152. The highest BCUT2D eigenvalue weighted by atomic mass is 35.5. The molecule has 0 atom stereocenters. The zero-order valence-electron chi connectivity index (χ0n) is 18.3. The third-order valence-electron chi connectivity index (χ3n) is 6.88. The Kier molecular flexibility index (Phi) is 7.25. The molecule has 1 fully saturated rings. The van der Waals surface area contributed by atoms with E-state index in [0.29, 0.717) is 11.8 Å². The van der Waals surface area contributed by atoms with Gasteiger partial charge in [-0.15, -0.1) is 0 Å². The van der Waals surface area contributed by atoms with Gasteiger partial charge in [0.1, 0.15) is 22.5 Å². The highest BCUT2D eigenvalue weighted by Crippen LogP contribution is 2.38. The Morgan fingerprint density at radius 2 is 1.41 bits per heavy atom. The molecule has 0 nitrogen and oxygen atoms in total. The Morgan fingerprint density at radius 1 is 0.781 bits per heavy atom. The Labute approximate surface area is 193 Å². The van der Waals surface area contributed by atoms with Gasteiger partial charge in [0, 0.05) is 5.56 Å². The maximum atomic E-state index is 14.7. The van der Waals surface area contributed by atoms with Gasteiger partial charge in [-0.05, 0) is 97.2 Å². The second-order valence-corrected chi connectivity index (χ2v) is 9.30. The average Bonchev–Trinajstić information content (AvgIpc) is 2.81. The Hall–Kier alpha value is -2.26. The van der Waals surface area contributed by atoms with Gasteiger partial charge in [0.15, 0.2) is 0 Å². The van der Waals surface area contributed by atoms with Crippen LogP contribution in [0.25, 0.3) is 11.1 Å². The molecule has 3 aromatic carbocycles. The van der Waals surface area contributed by atoms with Crippen LogP contribution < -0.4 is 0 Å². The SMILES string of the molecule is CCc1ccc([C@H]2CC[C@H](CCc3ccc(-c4cc(F)c(Cl)c(F)c4)c(F)c3)CC2)cc1. The molecule has 0 N–H and O–H groups in total. The summed E-state index contributed by atoms with van der Waals surface area (Å²) in [6.45, 7) is 2.18. The van der Waals surface area contributed by atoms with Crippen molar-refractivity contribution in [3.05, 3.63) is 93.8 Å². The monoisotopic (exact) mass is 456 g/mol. The fourth-order valence-corrected chi connectivity index (χ4v) is 4.95. The molecule has 0 unspecified atom stereocenters. The van der Waals surface area contributed by atoms with E-state index in [0.717, 1.165) is 37.0 Å². The van der Waals surface area contributed by atoms with Crippen LogP contribution in [0.4, 0.5) is 13.2 Å². The standard InChI is InChI=1S/C28H28ClF3/c1-2-18-5-10-21(11-6-18)22-12-7-19(8-13-22)3-4-20-9-14-24(25(30)15-20)23-16-26(31)28(29)27(32)17-23/h5-6,9-11,14-17,19,22H,2-4,7-8,12-13H2,1H3/t19-,22-. The molecule has 0 spiro atoms. The van der Waals surface area contributed by atoms with Gasteiger partial charge in [0.05, 0.1) is 0 Å². The smallest absolute Gasteiger partial charge is 0.145 e. The van der Waals surface area contributed by atoms with Crippen LogP contribution in [-0.4, -0.2) is 0 Å². The third-order valence-corrected chi connectivity index (χ3v) is 7.24. The minimum Gasteiger partial charge on any atom is -0.206 e. The zero-order valence-corrected chi connectivity index (χ0v) is 19.1. The van der Waals surface area contributed by atoms with E-state index >= 15 is 0 Å². The molecule has 4 heteroatoms. The zero-order chi connectivity index (χ0) is 22.7. The van der Waals surface area contributed by atoms with E-state index in [1.807, 2.05) is 6.07 Å². The molecular weight excluding hydrogens is 429 g/mol. The van der Waals surface area contributed by atoms with Crippen molar-refractivity contribution in [2.24, 2.45) is 5.92 Å². The normalized spacial score (nSPS) is 18.7. The maximum absolute atomic E-state index is 14.7. The lowest BCUT2D eigenvalue weighted by Crippen LogP contribution is -2.14. The van der Waals surface area contributed by atoms with Crippen molar-refractivity contribution >= 4 is 11.6 Å². The predicted octanol–water partition coefficient (Wildman–Crippen LogP) is 8.89. The van der Waals surface area contributed by atoms with E-state index in [-0.39, 0.29) is 11.1 Å². The van der Waals surface area contributed by atoms with Crippen molar-refractivity contribution in [1.29, 1.82) is 0 Å². The molecule has 0 saturated heterocycles. The summed E-state index contributed by atoms with van der Waals surface area (Å²) in [5, 5.41) is -0.571. The molecule has 1 aliphatic carbocycles. The largest absolute Gasteiger partial charge is 0.206 e. The summed E-state index contributed by atoms with van der Waals surface area (Å²) in [6, 6.07) is 16.1. The first-order chi connectivity index (χ1) is 15.4. The first kappa shape index (κ1) is 22.9. The molecule has 0 aromatic heterocycles. The van der Waals surface area contributed by atoms with Crippen molar-refractivity contribution in [3.63, 3.8) is 0 Å². The number of rotatable bonds is 6. The minimum atomic E-state index is -0.887. The summed E-state index contributed by atoms with van der Waals surface area (Å²) in [6.07, 6.45) is 7.72. The van der Waals surface area contributed by atoms with Crippen LogP contribution in [0.2, 0.25) is 5.02 Å². The van der Waals surface area contributed by atoms with Gasteiger partial charge in [-0.2, -0.15) is 0 Å². The van der Waals surface area contributed by atoms with Gasteiger partial charge >= 0.3 is 0 Å². The van der Waals surface area contributed by atoms with E-state index in [2.05, 4.69) is 31.2 Å². The second-order valence-electron chi connectivity index (χ2n) is 8.92. The molecule has 1 saturated carbocycles. The number of aryl methyl sites for hydroxylation is 2. The highest BCUT2D eigenvalue weighted by molar-refractivity contribution is 6.31. The lowest BCUT2D eigenvalue weighted by molar-refractivity contribution is 0.310. The van der Waals surface area contributed by atoms with Gasteiger partial charge in [0.25, 0.3) is 0 Å². The van der Waals surface area contributed by atoms with Crippen molar-refractivity contribution in [2.45, 2.75) is 57.8 Å². The summed E-state index contributed by atoms with van der Waals surface area (Å²) in [7, 11) is 0. The molecule has 0 amide bonds. The third kappa shape index (κ3) is 5.20. The molecule has 0 heterocycles. The van der Waals surface area contributed by atoms with Crippen LogP contribution >= 0.6 is 11.6 Å². The first-order valence-electron chi connectivity index (χ1n) is 11.5. The van der Waals surface area contributed by atoms with Crippen LogP contribution in [0.1, 0.15) is 61.6 Å². The van der Waals surface area contributed by atoms with Crippen LogP contribution in [0, 0.1) is 23.4 Å². The first-order valence-corrected chi connectivity index (χ1v) is 11.8. The molecule has 0 radical (unpaired) electrons. The molecule has 3 aromatic rings. The van der Waals surface area contributed by atoms with Crippen molar-refractivity contribution < 1.29 is 13.2 Å². The van der Waals surface area contributed by atoms with Gasteiger partial charge < -0.3 is 0 Å². The summed E-state index contributed by atoms with van der Waals surface area (Å²) in [4.78, 5) is 0. The van der Waals surface area contributed by atoms with Crippen molar-refractivity contribution in [3.8, 4) is 11.1 Å². The molecule has 4 rings (SSSR count). The number of hydrogen-bond acceptors (Lipinski definition) is 0. The topological polar surface area (TPSA) is 0 Å². The van der Waals surface area contributed by atoms with E-state index in [4.69, 9.17) is 11.6 Å². The maximum Gasteiger partial charge on any atom is 0.145 e. The number of hydrogen-bond donors (Lipinski definition) is 0. The van der Waals surface area contributed by atoms with Crippen molar-refractivity contribution in [2.75, 3.05) is 0 Å². The fourth-order valence-electron chi connectivity index (χ4n) is 4.84. The number of halogens is 4. The Balaban J connectivity index is 1.33. The molecule has 0 aliphatic heterocycles. The quantitative estimate of drug-likeness (QED) is 0.325. The predicted molar refractivity (Wildman–Crippen MR) is 126 cm³/mol. The van der Waals surface area contributed by atoms with E-state index in [9.17, 15) is 13.2 Å². The Morgan fingerprint density at radius 3 is 2.00 bits per heavy atom. The van der Waals surface area contributed by atoms with Gasteiger partial charge in [-0.25, -0.2) is 13.2 Å². The van der Waals surface area contributed by atoms with Crippen LogP contribution in [-0.2, 0) is 12.8 Å². The lowest BCUT2D eigenvalue weighted by Gasteiger charge is -2.29. The summed E-state index contributed by atoms with van der Waals surface area (Å²) in [5.41, 5.74) is 4.08. The summed E-state index contributed by atoms with van der Waals surface area (Å²) in [5.74, 6) is -0.940. The number of benzene rings is 3. The second kappa shape index (κ2) is 10.1. The summed E-state index contributed by atoms with van der Waals surface area (Å²) < 4.78 is 42.2. The Bertz CT molecular complexity index is 1040. The average molecular weight is 457 g/mol. The van der Waals surface area contributed by atoms with Crippen LogP contribution in [0.3, 0.4) is 0 Å². The summed E-state index contributed by atoms with van der Waals surface area (Å²) >= 11 is 5.53. The van der Waals surface area contributed by atoms with Crippen molar-refractivity contribution in [1.82, 2.24) is 0 Å². The molecular formula is C28H28ClF3. The lowest BCUT2D eigenvalue weighted by atomic mass is 9.77. The van der Waals surface area contributed by atoms with Crippen LogP contribution in [0.5, 0.6) is 0 Å². The van der Waals surface area contributed by atoms with Gasteiger partial charge in [0.2, 0.25) is 0 Å². The molecule has 32 heavy (non-hydrogen) atoms. The molecule has 168 valence electrons. The van der Waals surface area contributed by atoms with Gasteiger partial charge in [-0.1, -0.05) is 54.9 Å². The van der Waals surface area contributed by atoms with E-state index < -0.39 is 22.5 Å². The van der Waals surface area contributed by atoms with E-state index in [1.54, 1.807) is 6.07 Å². The molecule has 0 bridgehead atoms.